The van der Waals surface area contributed by atoms with Crippen LogP contribution in [0, 0.1) is 11.7 Å². The number of sulfonamides is 1. The number of carboxylic acid groups (broad SMARTS) is 1. The fraction of sp³-hybridized carbons (Fsp3) is 0.360. The minimum atomic E-state index is -3.85. The molecule has 0 radical (unpaired) electrons. The molecule has 3 aliphatic rings. The number of nitrogens with one attached hydrogen (secondary N) is 1. The first kappa shape index (κ1) is 27.9. The van der Waals surface area contributed by atoms with Crippen molar-refractivity contribution in [2.75, 3.05) is 6.54 Å². The maximum Gasteiger partial charge on any atom is 0.333 e. The summed E-state index contributed by atoms with van der Waals surface area (Å²) in [6.45, 7) is -2.73. The van der Waals surface area contributed by atoms with Gasteiger partial charge >= 0.3 is 12.5 Å². The van der Waals surface area contributed by atoms with Gasteiger partial charge in [0, 0.05) is 58.6 Å². The van der Waals surface area contributed by atoms with Gasteiger partial charge in [0.25, 0.3) is 0 Å². The van der Waals surface area contributed by atoms with E-state index in [1.165, 1.54) is 29.5 Å². The minimum Gasteiger partial charge on any atom is -0.481 e. The van der Waals surface area contributed by atoms with Gasteiger partial charge in [0.1, 0.15) is 11.9 Å². The lowest BCUT2D eigenvalue weighted by Gasteiger charge is -2.33. The molecule has 2 aliphatic heterocycles. The molecule has 41 heavy (non-hydrogen) atoms. The summed E-state index contributed by atoms with van der Waals surface area (Å²) in [5.41, 5.74) is 1.60. The van der Waals surface area contributed by atoms with E-state index in [4.69, 9.17) is 21.7 Å². The smallest absolute Gasteiger partial charge is 0.333 e. The van der Waals surface area contributed by atoms with E-state index in [2.05, 4.69) is 14.8 Å². The van der Waals surface area contributed by atoms with Crippen LogP contribution < -0.4 is 4.72 Å². The van der Waals surface area contributed by atoms with Crippen molar-refractivity contribution in [3.8, 4) is 0 Å². The van der Waals surface area contributed by atoms with Crippen molar-refractivity contribution in [2.24, 2.45) is 10.9 Å². The third-order valence-corrected chi connectivity index (χ3v) is 10.5. The number of rotatable bonds is 8. The van der Waals surface area contributed by atoms with Crippen molar-refractivity contribution in [1.82, 2.24) is 24.4 Å². The maximum atomic E-state index is 14.0. The van der Waals surface area contributed by atoms with Crippen molar-refractivity contribution < 1.29 is 31.5 Å². The molecule has 2 atom stereocenters. The highest BCUT2D eigenvalue weighted by Crippen LogP contribution is 2.46. The minimum absolute atomic E-state index is 0.0249. The largest absolute Gasteiger partial charge is 0.481 e. The SMILES string of the molecule is O=C(O)[C@H]1C[C@@H](S(=O)(=O)N[C@H]2CC3=C(c4ccn(C(F)F)n4)[C@H](c4ccc(F)cc4Cl)N=C(c4nccs4)N3C2)C1. The molecule has 2 N–H and O–H groups in total. The first-order valence-electron chi connectivity index (χ1n) is 12.5. The molecular formula is C25H22ClF3N6O4S2. The van der Waals surface area contributed by atoms with Crippen molar-refractivity contribution in [1.29, 1.82) is 0 Å². The number of benzene rings is 1. The number of aliphatic carboxylic acids is 1. The Morgan fingerprint density at radius 1 is 1.24 bits per heavy atom. The number of nitrogens with zero attached hydrogens (tertiary/aromatic N) is 5. The van der Waals surface area contributed by atoms with Crippen LogP contribution in [-0.2, 0) is 14.8 Å². The molecule has 4 heterocycles. The number of aromatic nitrogens is 3. The Hall–Kier alpha value is -3.27. The second-order valence-electron chi connectivity index (χ2n) is 9.98. The summed E-state index contributed by atoms with van der Waals surface area (Å²) in [6.07, 6.45) is 2.93. The normalized spacial score (nSPS) is 24.4. The van der Waals surface area contributed by atoms with Gasteiger partial charge in [-0.3, -0.25) is 9.79 Å². The lowest BCUT2D eigenvalue weighted by atomic mass is 9.85. The van der Waals surface area contributed by atoms with E-state index < -0.39 is 51.6 Å². The molecule has 6 rings (SSSR count). The number of fused-ring (bicyclic) bond motifs is 1. The number of carboxylic acids is 1. The molecule has 10 nitrogen and oxygen atoms in total. The highest BCUT2D eigenvalue weighted by Gasteiger charge is 2.46. The highest BCUT2D eigenvalue weighted by atomic mass is 35.5. The molecule has 16 heteroatoms. The molecule has 1 saturated heterocycles. The van der Waals surface area contributed by atoms with Crippen LogP contribution in [0.5, 0.6) is 0 Å². The Kier molecular flexibility index (Phi) is 7.16. The van der Waals surface area contributed by atoms with Crippen LogP contribution >= 0.6 is 22.9 Å². The summed E-state index contributed by atoms with van der Waals surface area (Å²) in [5, 5.41) is 14.8. The number of hydrogen-bond donors (Lipinski definition) is 2. The Morgan fingerprint density at radius 2 is 2.02 bits per heavy atom. The fourth-order valence-corrected chi connectivity index (χ4v) is 8.08. The zero-order valence-corrected chi connectivity index (χ0v) is 23.4. The topological polar surface area (TPSA) is 130 Å². The monoisotopic (exact) mass is 626 g/mol. The third kappa shape index (κ3) is 5.15. The molecule has 0 amide bonds. The summed E-state index contributed by atoms with van der Waals surface area (Å²) < 4.78 is 70.4. The van der Waals surface area contributed by atoms with E-state index >= 15 is 0 Å². The third-order valence-electron chi connectivity index (χ3n) is 7.44. The van der Waals surface area contributed by atoms with E-state index in [1.807, 2.05) is 0 Å². The van der Waals surface area contributed by atoms with E-state index in [0.717, 1.165) is 12.3 Å². The summed E-state index contributed by atoms with van der Waals surface area (Å²) in [7, 11) is -3.85. The summed E-state index contributed by atoms with van der Waals surface area (Å²) in [5.74, 6) is -1.86. The van der Waals surface area contributed by atoms with Crippen molar-refractivity contribution in [3.05, 3.63) is 74.8 Å². The second-order valence-corrected chi connectivity index (χ2v) is 13.3. The first-order chi connectivity index (χ1) is 19.5. The van der Waals surface area contributed by atoms with Gasteiger partial charge in [0.15, 0.2) is 10.8 Å². The van der Waals surface area contributed by atoms with E-state index in [1.54, 1.807) is 16.5 Å². The molecule has 3 aromatic rings. The van der Waals surface area contributed by atoms with E-state index in [0.29, 0.717) is 32.4 Å². The van der Waals surface area contributed by atoms with Gasteiger partial charge in [0.05, 0.1) is 16.9 Å². The van der Waals surface area contributed by atoms with Crippen LogP contribution in [0.1, 0.15) is 48.1 Å². The van der Waals surface area contributed by atoms with Gasteiger partial charge in [-0.25, -0.2) is 27.2 Å². The number of carbonyl (C=O) groups is 1. The number of hydrogen-bond acceptors (Lipinski definition) is 8. The summed E-state index contributed by atoms with van der Waals surface area (Å²) >= 11 is 7.77. The lowest BCUT2D eigenvalue weighted by Crippen LogP contribution is -2.49. The summed E-state index contributed by atoms with van der Waals surface area (Å²) in [6, 6.07) is 3.72. The number of amidine groups is 1. The number of thiazole rings is 1. The van der Waals surface area contributed by atoms with Gasteiger partial charge in [-0.2, -0.15) is 13.9 Å². The molecule has 2 aromatic heterocycles. The van der Waals surface area contributed by atoms with Crippen LogP contribution in [0.3, 0.4) is 0 Å². The summed E-state index contributed by atoms with van der Waals surface area (Å²) in [4.78, 5) is 22.3. The van der Waals surface area contributed by atoms with Crippen LogP contribution in [-0.4, -0.2) is 62.8 Å². The molecule has 0 bridgehead atoms. The van der Waals surface area contributed by atoms with Crippen LogP contribution in [0.2, 0.25) is 5.02 Å². The van der Waals surface area contributed by atoms with Gasteiger partial charge in [-0.05, 0) is 31.0 Å². The Balaban J connectivity index is 1.43. The Bertz CT molecular complexity index is 1670. The molecule has 2 fully saturated rings. The molecule has 1 aromatic carbocycles. The highest BCUT2D eigenvalue weighted by molar-refractivity contribution is 7.90. The van der Waals surface area contributed by atoms with Crippen molar-refractivity contribution in [2.45, 2.75) is 43.1 Å². The first-order valence-corrected chi connectivity index (χ1v) is 15.3. The van der Waals surface area contributed by atoms with Gasteiger partial charge in [-0.1, -0.05) is 17.7 Å². The maximum absolute atomic E-state index is 14.0. The predicted octanol–water partition coefficient (Wildman–Crippen LogP) is 4.30. The molecule has 1 aliphatic carbocycles. The number of halogens is 4. The average Bonchev–Trinajstić information content (AvgIpc) is 3.62. The molecule has 1 saturated carbocycles. The van der Waals surface area contributed by atoms with Crippen molar-refractivity contribution in [3.63, 3.8) is 0 Å². The van der Waals surface area contributed by atoms with Gasteiger partial charge in [0.2, 0.25) is 10.0 Å². The van der Waals surface area contributed by atoms with Gasteiger partial charge in [-0.15, -0.1) is 11.3 Å². The molecule has 0 unspecified atom stereocenters. The molecular weight excluding hydrogens is 605 g/mol. The lowest BCUT2D eigenvalue weighted by molar-refractivity contribution is -0.144. The van der Waals surface area contributed by atoms with E-state index in [-0.39, 0.29) is 36.5 Å². The quantitative estimate of drug-likeness (QED) is 0.381. The number of alkyl halides is 2. The molecule has 0 spiro atoms. The Morgan fingerprint density at radius 3 is 2.66 bits per heavy atom. The Labute approximate surface area is 241 Å². The molecule has 216 valence electrons. The standard InChI is InChI=1S/C25H22ClF3N6O4S2/c26-17-9-13(27)1-2-16(17)21-20(18-3-5-35(32-18)25(28)29)19-10-14(11-34(19)22(31-21)23-30-4-6-40-23)33-41(38,39)15-7-12(8-15)24(36)37/h1-6,9,12,14-15,21,25,33H,7-8,10-11H2,(H,36,37)/t12-,14-,15+,21-/m0/s1. The predicted molar refractivity (Wildman–Crippen MR) is 145 cm³/mol. The van der Waals surface area contributed by atoms with Crippen LogP contribution in [0.25, 0.3) is 5.57 Å². The van der Waals surface area contributed by atoms with Crippen molar-refractivity contribution >= 4 is 50.3 Å². The van der Waals surface area contributed by atoms with Crippen LogP contribution in [0.4, 0.5) is 13.2 Å². The van der Waals surface area contributed by atoms with Crippen LogP contribution in [0.15, 0.2) is 52.7 Å². The fourth-order valence-electron chi connectivity index (χ4n) is 5.38. The second kappa shape index (κ2) is 10.5. The van der Waals surface area contributed by atoms with E-state index in [9.17, 15) is 26.4 Å². The zero-order chi connectivity index (χ0) is 29.1. The average molecular weight is 627 g/mol. The number of aliphatic imine (C=N–C) groups is 1. The van der Waals surface area contributed by atoms with Gasteiger partial charge < -0.3 is 10.0 Å². The zero-order valence-electron chi connectivity index (χ0n) is 21.0.